The third kappa shape index (κ3) is 4.37. The van der Waals surface area contributed by atoms with Crippen LogP contribution in [0.1, 0.15) is 25.7 Å². The second-order valence-electron chi connectivity index (χ2n) is 4.54. The zero-order chi connectivity index (χ0) is 12.6. The highest BCUT2D eigenvalue weighted by molar-refractivity contribution is 7.99. The number of imidazole rings is 1. The number of thioether (sulfide) groups is 1. The molecule has 1 saturated heterocycles. The van der Waals surface area contributed by atoms with E-state index in [4.69, 9.17) is 0 Å². The van der Waals surface area contributed by atoms with Gasteiger partial charge in [0.25, 0.3) is 0 Å². The molecule has 99 valence electrons. The van der Waals surface area contributed by atoms with Gasteiger partial charge in [0.1, 0.15) is 6.20 Å². The number of amides is 1. The molecule has 0 aliphatic carbocycles. The second-order valence-corrected chi connectivity index (χ2v) is 5.77. The normalized spacial score (nSPS) is 15.9. The number of hydrogen-bond donors (Lipinski definition) is 0. The fourth-order valence-corrected chi connectivity index (χ4v) is 2.99. The van der Waals surface area contributed by atoms with E-state index in [0.717, 1.165) is 50.4 Å². The number of hydrogen-bond acceptors (Lipinski definition) is 3. The number of nitrogens with zero attached hydrogens (tertiary/aromatic N) is 3. The molecule has 2 heterocycles. The minimum absolute atomic E-state index is 0.339. The SMILES string of the molecule is O=C(CCCCCn1c[c]nc1)N1CCSCC1. The number of unbranched alkanes of at least 4 members (excludes halogenated alkanes) is 2. The van der Waals surface area contributed by atoms with Crippen LogP contribution in [-0.2, 0) is 11.3 Å². The molecule has 0 aromatic carbocycles. The topological polar surface area (TPSA) is 38.1 Å². The summed E-state index contributed by atoms with van der Waals surface area (Å²) in [6, 6.07) is 0. The molecule has 0 unspecified atom stereocenters. The molecule has 0 spiro atoms. The van der Waals surface area contributed by atoms with E-state index in [1.165, 1.54) is 0 Å². The number of carbonyl (C=O) groups is 1. The predicted octanol–water partition coefficient (Wildman–Crippen LogP) is 1.82. The summed E-state index contributed by atoms with van der Waals surface area (Å²) in [6.45, 7) is 2.85. The average molecular weight is 266 g/mol. The van der Waals surface area contributed by atoms with Crippen LogP contribution >= 0.6 is 11.8 Å². The molecule has 0 N–H and O–H groups in total. The van der Waals surface area contributed by atoms with Gasteiger partial charge in [0.15, 0.2) is 0 Å². The Morgan fingerprint density at radius 3 is 2.83 bits per heavy atom. The second kappa shape index (κ2) is 7.46. The Kier molecular flexibility index (Phi) is 5.58. The minimum Gasteiger partial charge on any atom is -0.341 e. The monoisotopic (exact) mass is 266 g/mol. The molecule has 4 nitrogen and oxygen atoms in total. The molecule has 18 heavy (non-hydrogen) atoms. The fraction of sp³-hybridized carbons (Fsp3) is 0.692. The third-order valence-corrected chi connectivity index (χ3v) is 4.12. The van der Waals surface area contributed by atoms with Gasteiger partial charge in [-0.2, -0.15) is 11.8 Å². The summed E-state index contributed by atoms with van der Waals surface area (Å²) < 4.78 is 2.03. The first-order valence-corrected chi connectivity index (χ1v) is 7.75. The smallest absolute Gasteiger partial charge is 0.222 e. The average Bonchev–Trinajstić information content (AvgIpc) is 2.92. The third-order valence-electron chi connectivity index (χ3n) is 3.17. The largest absolute Gasteiger partial charge is 0.341 e. The van der Waals surface area contributed by atoms with Crippen LogP contribution in [0.5, 0.6) is 0 Å². The fourth-order valence-electron chi connectivity index (χ4n) is 2.09. The van der Waals surface area contributed by atoms with E-state index >= 15 is 0 Å². The van der Waals surface area contributed by atoms with E-state index < -0.39 is 0 Å². The molecule has 0 saturated carbocycles. The molecule has 5 heteroatoms. The Hall–Kier alpha value is -0.970. The summed E-state index contributed by atoms with van der Waals surface area (Å²) in [5, 5.41) is 0. The molecule has 1 aromatic rings. The van der Waals surface area contributed by atoms with Crippen LogP contribution in [0.4, 0.5) is 0 Å². The van der Waals surface area contributed by atoms with E-state index in [0.29, 0.717) is 12.3 Å². The molecule has 1 aromatic heterocycles. The van der Waals surface area contributed by atoms with Crippen LogP contribution in [0.2, 0.25) is 0 Å². The van der Waals surface area contributed by atoms with Gasteiger partial charge in [-0.05, 0) is 12.8 Å². The van der Waals surface area contributed by atoms with Crippen molar-refractivity contribution in [2.24, 2.45) is 0 Å². The van der Waals surface area contributed by atoms with Crippen LogP contribution in [0.15, 0.2) is 12.5 Å². The standard InChI is InChI=1S/C13H20N3OS/c17-13(16-8-10-18-11-9-16)4-2-1-3-6-15-7-5-14-12-15/h7,12H,1-4,6,8-11H2. The predicted molar refractivity (Wildman–Crippen MR) is 73.4 cm³/mol. The van der Waals surface area contributed by atoms with Crippen LogP contribution in [-0.4, -0.2) is 45.0 Å². The number of rotatable bonds is 6. The molecule has 2 rings (SSSR count). The molecular formula is C13H20N3OS. The van der Waals surface area contributed by atoms with Crippen LogP contribution < -0.4 is 0 Å². The summed E-state index contributed by atoms with van der Waals surface area (Å²) in [5.41, 5.74) is 0. The van der Waals surface area contributed by atoms with Gasteiger partial charge in [0.2, 0.25) is 5.91 Å². The van der Waals surface area contributed by atoms with Crippen molar-refractivity contribution in [1.29, 1.82) is 0 Å². The lowest BCUT2D eigenvalue weighted by atomic mass is 10.2. The van der Waals surface area contributed by atoms with E-state index in [-0.39, 0.29) is 0 Å². The summed E-state index contributed by atoms with van der Waals surface area (Å²) >= 11 is 1.94. The Morgan fingerprint density at radius 2 is 2.11 bits per heavy atom. The first-order valence-electron chi connectivity index (χ1n) is 6.59. The van der Waals surface area contributed by atoms with Gasteiger partial charge in [-0.3, -0.25) is 4.79 Å². The minimum atomic E-state index is 0.339. The molecule has 0 atom stereocenters. The van der Waals surface area contributed by atoms with Gasteiger partial charge in [0, 0.05) is 43.8 Å². The number of aryl methyl sites for hydroxylation is 1. The van der Waals surface area contributed by atoms with Crippen molar-refractivity contribution >= 4 is 17.7 Å². The maximum atomic E-state index is 11.9. The van der Waals surface area contributed by atoms with Crippen molar-refractivity contribution in [2.75, 3.05) is 24.6 Å². The first-order chi connectivity index (χ1) is 8.86. The molecule has 1 aliphatic heterocycles. The lowest BCUT2D eigenvalue weighted by Crippen LogP contribution is -2.37. The summed E-state index contributed by atoms with van der Waals surface area (Å²) in [5.74, 6) is 2.54. The highest BCUT2D eigenvalue weighted by atomic mass is 32.2. The van der Waals surface area contributed by atoms with Crippen molar-refractivity contribution in [3.05, 3.63) is 18.7 Å². The van der Waals surface area contributed by atoms with Gasteiger partial charge in [-0.1, -0.05) is 6.42 Å². The van der Waals surface area contributed by atoms with Gasteiger partial charge >= 0.3 is 0 Å². The van der Waals surface area contributed by atoms with E-state index in [1.807, 2.05) is 27.4 Å². The quantitative estimate of drug-likeness (QED) is 0.737. The molecular weight excluding hydrogens is 246 g/mol. The zero-order valence-electron chi connectivity index (χ0n) is 10.7. The highest BCUT2D eigenvalue weighted by Crippen LogP contribution is 2.12. The van der Waals surface area contributed by atoms with Crippen LogP contribution in [0, 0.1) is 6.20 Å². The zero-order valence-corrected chi connectivity index (χ0v) is 11.5. The Balaban J connectivity index is 1.53. The molecule has 1 aliphatic rings. The molecule has 1 fully saturated rings. The van der Waals surface area contributed by atoms with Gasteiger partial charge < -0.3 is 9.47 Å². The maximum absolute atomic E-state index is 11.9. The van der Waals surface area contributed by atoms with Crippen molar-refractivity contribution in [1.82, 2.24) is 14.5 Å². The van der Waals surface area contributed by atoms with Crippen molar-refractivity contribution in [2.45, 2.75) is 32.2 Å². The summed E-state index contributed by atoms with van der Waals surface area (Å²) in [7, 11) is 0. The highest BCUT2D eigenvalue weighted by Gasteiger charge is 2.15. The van der Waals surface area contributed by atoms with Gasteiger partial charge in [-0.25, -0.2) is 4.98 Å². The van der Waals surface area contributed by atoms with Crippen molar-refractivity contribution in [3.8, 4) is 0 Å². The van der Waals surface area contributed by atoms with Crippen molar-refractivity contribution in [3.63, 3.8) is 0 Å². The molecule has 1 amide bonds. The van der Waals surface area contributed by atoms with Gasteiger partial charge in [0.05, 0.1) is 6.33 Å². The maximum Gasteiger partial charge on any atom is 0.222 e. The van der Waals surface area contributed by atoms with Crippen LogP contribution in [0.3, 0.4) is 0 Å². The van der Waals surface area contributed by atoms with E-state index in [1.54, 1.807) is 6.33 Å². The van der Waals surface area contributed by atoms with Crippen molar-refractivity contribution < 1.29 is 4.79 Å². The molecule has 0 bridgehead atoms. The Labute approximate surface area is 113 Å². The van der Waals surface area contributed by atoms with E-state index in [9.17, 15) is 4.79 Å². The number of carbonyl (C=O) groups excluding carboxylic acids is 1. The van der Waals surface area contributed by atoms with E-state index in [2.05, 4.69) is 11.2 Å². The first kappa shape index (κ1) is 13.5. The Morgan fingerprint density at radius 1 is 1.28 bits per heavy atom. The van der Waals surface area contributed by atoms with Crippen LogP contribution in [0.25, 0.3) is 0 Å². The lowest BCUT2D eigenvalue weighted by Gasteiger charge is -2.26. The Bertz CT molecular complexity index is 347. The molecule has 1 radical (unpaired) electrons. The number of aromatic nitrogens is 2. The summed E-state index contributed by atoms with van der Waals surface area (Å²) in [4.78, 5) is 17.8. The van der Waals surface area contributed by atoms with Gasteiger partial charge in [-0.15, -0.1) is 0 Å². The summed E-state index contributed by atoms with van der Waals surface area (Å²) in [6.07, 6.45) is 10.3. The lowest BCUT2D eigenvalue weighted by molar-refractivity contribution is -0.130.